The quantitative estimate of drug-likeness (QED) is 0.908. The number of hydrogen-bond donors (Lipinski definition) is 1. The predicted molar refractivity (Wildman–Crippen MR) is 68.3 cm³/mol. The van der Waals surface area contributed by atoms with Crippen molar-refractivity contribution >= 4 is 11.6 Å². The van der Waals surface area contributed by atoms with Crippen LogP contribution in [0.2, 0.25) is 0 Å². The lowest BCUT2D eigenvalue weighted by molar-refractivity contribution is -0.274. The van der Waals surface area contributed by atoms with E-state index in [2.05, 4.69) is 10.1 Å². The van der Waals surface area contributed by atoms with Crippen LogP contribution in [0.1, 0.15) is 32.1 Å². The molecule has 1 saturated carbocycles. The molecule has 1 aromatic rings. The fourth-order valence-electron chi connectivity index (χ4n) is 2.38. The van der Waals surface area contributed by atoms with Gasteiger partial charge in [-0.3, -0.25) is 4.79 Å². The largest absolute Gasteiger partial charge is 0.573 e. The molecule has 0 saturated heterocycles. The molecule has 1 aromatic carbocycles. The van der Waals surface area contributed by atoms with Crippen LogP contribution in [-0.2, 0) is 4.79 Å². The maximum absolute atomic E-state index is 12.1. The highest BCUT2D eigenvalue weighted by Gasteiger charge is 2.31. The number of carbonyl (C=O) groups excluding carboxylic acids is 1. The van der Waals surface area contributed by atoms with Gasteiger partial charge in [-0.25, -0.2) is 0 Å². The van der Waals surface area contributed by atoms with Crippen LogP contribution in [0.15, 0.2) is 24.3 Å². The predicted octanol–water partition coefficient (Wildman–Crippen LogP) is 4.10. The summed E-state index contributed by atoms with van der Waals surface area (Å²) in [4.78, 5) is 12.0. The van der Waals surface area contributed by atoms with Crippen LogP contribution < -0.4 is 10.1 Å². The first kappa shape index (κ1) is 14.7. The van der Waals surface area contributed by atoms with Crippen molar-refractivity contribution in [1.29, 1.82) is 0 Å². The van der Waals surface area contributed by atoms with E-state index in [9.17, 15) is 18.0 Å². The normalized spacial score (nSPS) is 16.8. The van der Waals surface area contributed by atoms with Crippen molar-refractivity contribution in [3.63, 3.8) is 0 Å². The third kappa shape index (κ3) is 4.43. The van der Waals surface area contributed by atoms with E-state index in [0.717, 1.165) is 32.1 Å². The first-order chi connectivity index (χ1) is 9.44. The SMILES string of the molecule is O=C(Nc1cccc(OC(F)(F)F)c1)C1CCCCC1. The molecule has 3 nitrogen and oxygen atoms in total. The summed E-state index contributed by atoms with van der Waals surface area (Å²) in [5.74, 6) is -0.510. The Balaban J connectivity index is 1.98. The summed E-state index contributed by atoms with van der Waals surface area (Å²) >= 11 is 0. The summed E-state index contributed by atoms with van der Waals surface area (Å²) in [5, 5.41) is 2.65. The molecule has 1 aliphatic rings. The molecule has 1 amide bonds. The fraction of sp³-hybridized carbons (Fsp3) is 0.500. The van der Waals surface area contributed by atoms with E-state index in [1.165, 1.54) is 18.2 Å². The molecule has 0 radical (unpaired) electrons. The molecule has 1 fully saturated rings. The van der Waals surface area contributed by atoms with Crippen molar-refractivity contribution in [2.45, 2.75) is 38.5 Å². The van der Waals surface area contributed by atoms with Gasteiger partial charge in [0.1, 0.15) is 5.75 Å². The van der Waals surface area contributed by atoms with E-state index in [4.69, 9.17) is 0 Å². The lowest BCUT2D eigenvalue weighted by atomic mass is 9.88. The zero-order chi connectivity index (χ0) is 14.6. The number of halogens is 3. The van der Waals surface area contributed by atoms with Crippen LogP contribution in [0.5, 0.6) is 5.75 Å². The standard InChI is InChI=1S/C14H16F3NO2/c15-14(16,17)20-12-8-4-7-11(9-12)18-13(19)10-5-2-1-3-6-10/h4,7-10H,1-3,5-6H2,(H,18,19). The minimum Gasteiger partial charge on any atom is -0.406 e. The molecular weight excluding hydrogens is 271 g/mol. The molecule has 0 bridgehead atoms. The van der Waals surface area contributed by atoms with E-state index in [1.54, 1.807) is 6.07 Å². The number of rotatable bonds is 3. The van der Waals surface area contributed by atoms with E-state index in [0.29, 0.717) is 5.69 Å². The Morgan fingerprint density at radius 2 is 1.90 bits per heavy atom. The molecule has 6 heteroatoms. The van der Waals surface area contributed by atoms with Gasteiger partial charge in [-0.2, -0.15) is 0 Å². The zero-order valence-corrected chi connectivity index (χ0v) is 10.9. The fourth-order valence-corrected chi connectivity index (χ4v) is 2.38. The Labute approximate surface area is 115 Å². The Kier molecular flexibility index (Phi) is 4.52. The number of benzene rings is 1. The summed E-state index contributed by atoms with van der Waals surface area (Å²) in [7, 11) is 0. The highest BCUT2D eigenvalue weighted by atomic mass is 19.4. The molecular formula is C14H16F3NO2. The van der Waals surface area contributed by atoms with Crippen molar-refractivity contribution < 1.29 is 22.7 Å². The maximum Gasteiger partial charge on any atom is 0.573 e. The van der Waals surface area contributed by atoms with E-state index >= 15 is 0 Å². The van der Waals surface area contributed by atoms with Crippen LogP contribution in [-0.4, -0.2) is 12.3 Å². The molecule has 2 rings (SSSR count). The number of carbonyl (C=O) groups is 1. The summed E-state index contributed by atoms with van der Waals surface area (Å²) in [6.07, 6.45) is 0.129. The van der Waals surface area contributed by atoms with Gasteiger partial charge in [0.2, 0.25) is 5.91 Å². The Morgan fingerprint density at radius 3 is 2.55 bits per heavy atom. The van der Waals surface area contributed by atoms with E-state index in [-0.39, 0.29) is 17.6 Å². The maximum atomic E-state index is 12.1. The second-order valence-corrected chi connectivity index (χ2v) is 4.90. The number of alkyl halides is 3. The van der Waals surface area contributed by atoms with E-state index < -0.39 is 6.36 Å². The average molecular weight is 287 g/mol. The van der Waals surface area contributed by atoms with Crippen molar-refractivity contribution in [3.05, 3.63) is 24.3 Å². The second kappa shape index (κ2) is 6.15. The van der Waals surface area contributed by atoms with Crippen LogP contribution in [0.4, 0.5) is 18.9 Å². The van der Waals surface area contributed by atoms with Gasteiger partial charge in [0, 0.05) is 17.7 Å². The molecule has 0 heterocycles. The van der Waals surface area contributed by atoms with Crippen LogP contribution in [0.25, 0.3) is 0 Å². The Morgan fingerprint density at radius 1 is 1.20 bits per heavy atom. The molecule has 0 aliphatic heterocycles. The molecule has 0 aromatic heterocycles. The Bertz CT molecular complexity index is 468. The molecule has 1 aliphatic carbocycles. The van der Waals surface area contributed by atoms with Crippen molar-refractivity contribution in [3.8, 4) is 5.75 Å². The Hall–Kier alpha value is -1.72. The van der Waals surface area contributed by atoms with Gasteiger partial charge in [0.25, 0.3) is 0 Å². The van der Waals surface area contributed by atoms with Crippen molar-refractivity contribution in [2.24, 2.45) is 5.92 Å². The van der Waals surface area contributed by atoms with Crippen LogP contribution in [0.3, 0.4) is 0 Å². The van der Waals surface area contributed by atoms with Gasteiger partial charge in [-0.05, 0) is 25.0 Å². The van der Waals surface area contributed by atoms with E-state index in [1.807, 2.05) is 0 Å². The smallest absolute Gasteiger partial charge is 0.406 e. The molecule has 110 valence electrons. The third-order valence-corrected chi connectivity index (χ3v) is 3.31. The third-order valence-electron chi connectivity index (χ3n) is 3.31. The summed E-state index contributed by atoms with van der Waals surface area (Å²) in [6.45, 7) is 0. The van der Waals surface area contributed by atoms with Gasteiger partial charge < -0.3 is 10.1 Å². The highest BCUT2D eigenvalue weighted by Crippen LogP contribution is 2.27. The lowest BCUT2D eigenvalue weighted by Gasteiger charge is -2.20. The lowest BCUT2D eigenvalue weighted by Crippen LogP contribution is -2.24. The monoisotopic (exact) mass is 287 g/mol. The highest BCUT2D eigenvalue weighted by molar-refractivity contribution is 5.92. The second-order valence-electron chi connectivity index (χ2n) is 4.90. The molecule has 1 N–H and O–H groups in total. The summed E-state index contributed by atoms with van der Waals surface area (Å²) < 4.78 is 40.2. The molecule has 0 unspecified atom stereocenters. The molecule has 0 spiro atoms. The van der Waals surface area contributed by atoms with Crippen molar-refractivity contribution in [2.75, 3.05) is 5.32 Å². The number of amides is 1. The summed E-state index contributed by atoms with van der Waals surface area (Å²) in [6, 6.07) is 5.33. The van der Waals surface area contributed by atoms with Crippen LogP contribution in [0, 0.1) is 5.92 Å². The first-order valence-corrected chi connectivity index (χ1v) is 6.61. The number of anilines is 1. The molecule has 0 atom stereocenters. The minimum atomic E-state index is -4.73. The van der Waals surface area contributed by atoms with Gasteiger partial charge >= 0.3 is 6.36 Å². The minimum absolute atomic E-state index is 0.0454. The van der Waals surface area contributed by atoms with Gasteiger partial charge in [-0.15, -0.1) is 13.2 Å². The topological polar surface area (TPSA) is 38.3 Å². The summed E-state index contributed by atoms with van der Waals surface area (Å²) in [5.41, 5.74) is 0.322. The number of ether oxygens (including phenoxy) is 1. The van der Waals surface area contributed by atoms with Gasteiger partial charge in [0.15, 0.2) is 0 Å². The molecule has 20 heavy (non-hydrogen) atoms. The van der Waals surface area contributed by atoms with Crippen molar-refractivity contribution in [1.82, 2.24) is 0 Å². The van der Waals surface area contributed by atoms with Gasteiger partial charge in [0.05, 0.1) is 0 Å². The average Bonchev–Trinajstić information content (AvgIpc) is 2.38. The van der Waals surface area contributed by atoms with Gasteiger partial charge in [-0.1, -0.05) is 25.3 Å². The number of hydrogen-bond acceptors (Lipinski definition) is 2. The number of nitrogens with one attached hydrogen (secondary N) is 1. The van der Waals surface area contributed by atoms with Crippen LogP contribution >= 0.6 is 0 Å². The zero-order valence-electron chi connectivity index (χ0n) is 10.9. The first-order valence-electron chi connectivity index (χ1n) is 6.61.